The Morgan fingerprint density at radius 1 is 1.07 bits per heavy atom. The SMILES string of the molecule is CNC(=O)c1ccc(Oc2ccc(CN3CCC4(CC3)C(=O)N[C@H]([C@H](O)C3CCCCC3)C(=O)N4CCC#N)cc2)cc1.Cl. The summed E-state index contributed by atoms with van der Waals surface area (Å²) >= 11 is 0. The number of aliphatic hydroxyl groups excluding tert-OH is 1. The Morgan fingerprint density at radius 2 is 1.68 bits per heavy atom. The molecule has 3 fully saturated rings. The molecule has 236 valence electrons. The zero-order valence-electron chi connectivity index (χ0n) is 25.2. The van der Waals surface area contributed by atoms with Gasteiger partial charge in [-0.3, -0.25) is 19.3 Å². The number of aliphatic hydroxyl groups is 1. The average Bonchev–Trinajstić information content (AvgIpc) is 3.04. The number of piperazine rings is 1. The number of carbonyl (C=O) groups excluding carboxylic acids is 3. The lowest BCUT2D eigenvalue weighted by molar-refractivity contribution is -0.165. The predicted molar refractivity (Wildman–Crippen MR) is 167 cm³/mol. The molecule has 3 amide bonds. The van der Waals surface area contributed by atoms with E-state index < -0.39 is 17.7 Å². The molecule has 2 saturated heterocycles. The van der Waals surface area contributed by atoms with Gasteiger partial charge in [-0.2, -0.15) is 5.26 Å². The van der Waals surface area contributed by atoms with Crippen LogP contribution in [0.2, 0.25) is 0 Å². The minimum absolute atomic E-state index is 0. The van der Waals surface area contributed by atoms with Gasteiger partial charge in [0, 0.05) is 38.8 Å². The van der Waals surface area contributed by atoms with Gasteiger partial charge in [0.15, 0.2) is 0 Å². The van der Waals surface area contributed by atoms with E-state index in [1.165, 1.54) is 0 Å². The Morgan fingerprint density at radius 3 is 2.27 bits per heavy atom. The van der Waals surface area contributed by atoms with Gasteiger partial charge in [-0.15, -0.1) is 12.4 Å². The fourth-order valence-electron chi connectivity index (χ4n) is 6.76. The van der Waals surface area contributed by atoms with E-state index in [9.17, 15) is 24.8 Å². The van der Waals surface area contributed by atoms with E-state index in [1.54, 1.807) is 36.2 Å². The van der Waals surface area contributed by atoms with E-state index in [-0.39, 0.29) is 49.0 Å². The fraction of sp³-hybridized carbons (Fsp3) is 0.515. The van der Waals surface area contributed by atoms with Gasteiger partial charge in [0.05, 0.1) is 18.6 Å². The van der Waals surface area contributed by atoms with Crippen LogP contribution in [0.4, 0.5) is 0 Å². The van der Waals surface area contributed by atoms with Gasteiger partial charge in [-0.25, -0.2) is 0 Å². The number of likely N-dealkylation sites (tertiary alicyclic amines) is 1. The number of piperidine rings is 1. The van der Waals surface area contributed by atoms with Crippen molar-refractivity contribution < 1.29 is 24.2 Å². The van der Waals surface area contributed by atoms with Gasteiger partial charge in [0.2, 0.25) is 11.8 Å². The number of benzene rings is 2. The fourth-order valence-corrected chi connectivity index (χ4v) is 6.76. The van der Waals surface area contributed by atoms with Crippen LogP contribution in [-0.4, -0.2) is 77.0 Å². The third-order valence-electron chi connectivity index (χ3n) is 9.27. The van der Waals surface area contributed by atoms with Crippen LogP contribution in [-0.2, 0) is 16.1 Å². The van der Waals surface area contributed by atoms with Crippen molar-refractivity contribution in [1.29, 1.82) is 5.26 Å². The molecular formula is C33H42ClN5O5. The number of nitriles is 1. The van der Waals surface area contributed by atoms with Gasteiger partial charge in [-0.1, -0.05) is 31.4 Å². The Labute approximate surface area is 265 Å². The summed E-state index contributed by atoms with van der Waals surface area (Å²) in [4.78, 5) is 43.0. The molecule has 0 unspecified atom stereocenters. The maximum atomic E-state index is 13.7. The minimum Gasteiger partial charge on any atom is -0.457 e. The molecule has 3 N–H and O–H groups in total. The summed E-state index contributed by atoms with van der Waals surface area (Å²) in [6.07, 6.45) is 5.07. The number of halogens is 1. The molecule has 1 aliphatic carbocycles. The molecule has 11 heteroatoms. The largest absolute Gasteiger partial charge is 0.457 e. The summed E-state index contributed by atoms with van der Waals surface area (Å²) in [6.45, 7) is 2.12. The van der Waals surface area contributed by atoms with E-state index in [4.69, 9.17) is 4.74 Å². The lowest BCUT2D eigenvalue weighted by Gasteiger charge is -2.52. The van der Waals surface area contributed by atoms with E-state index in [2.05, 4.69) is 21.6 Å². The molecule has 2 aromatic carbocycles. The second kappa shape index (κ2) is 14.9. The van der Waals surface area contributed by atoms with Crippen molar-refractivity contribution in [3.8, 4) is 17.6 Å². The van der Waals surface area contributed by atoms with Gasteiger partial charge in [0.1, 0.15) is 23.1 Å². The zero-order chi connectivity index (χ0) is 30.4. The first kappa shape index (κ1) is 33.2. The standard InChI is InChI=1S/C33H41N5O5.ClH/c1-35-30(40)25-10-14-27(15-11-25)43-26-12-8-23(9-13-26)22-37-20-16-33(17-21-37)32(42)36-28(31(41)38(33)19-5-18-34)29(39)24-6-3-2-4-7-24;/h8-15,24,28-29,39H,2-7,16-17,19-22H2,1H3,(H,35,40)(H,36,42);1H/t28-,29-;/m1./s1. The molecule has 1 saturated carbocycles. The third-order valence-corrected chi connectivity index (χ3v) is 9.27. The normalized spacial score (nSPS) is 21.1. The van der Waals surface area contributed by atoms with Crippen LogP contribution < -0.4 is 15.4 Å². The van der Waals surface area contributed by atoms with Crippen molar-refractivity contribution in [3.63, 3.8) is 0 Å². The van der Waals surface area contributed by atoms with Crippen molar-refractivity contribution >= 4 is 30.1 Å². The summed E-state index contributed by atoms with van der Waals surface area (Å²) < 4.78 is 5.93. The summed E-state index contributed by atoms with van der Waals surface area (Å²) in [6, 6.07) is 15.9. The molecule has 2 heterocycles. The number of hydrogen-bond donors (Lipinski definition) is 3. The molecule has 2 aliphatic heterocycles. The Kier molecular flexibility index (Phi) is 11.2. The van der Waals surface area contributed by atoms with Gasteiger partial charge in [-0.05, 0) is 73.6 Å². The quantitative estimate of drug-likeness (QED) is 0.387. The second-order valence-corrected chi connectivity index (χ2v) is 11.9. The first-order chi connectivity index (χ1) is 20.8. The second-order valence-electron chi connectivity index (χ2n) is 11.9. The third kappa shape index (κ3) is 7.17. The lowest BCUT2D eigenvalue weighted by Crippen LogP contribution is -2.75. The Balaban J connectivity index is 0.00000442. The summed E-state index contributed by atoms with van der Waals surface area (Å²) in [5.74, 6) is 0.696. The van der Waals surface area contributed by atoms with Crippen molar-refractivity contribution in [3.05, 3.63) is 59.7 Å². The number of nitrogens with one attached hydrogen (secondary N) is 2. The highest BCUT2D eigenvalue weighted by Gasteiger charge is 2.55. The molecular weight excluding hydrogens is 582 g/mol. The molecule has 0 aromatic heterocycles. The molecule has 44 heavy (non-hydrogen) atoms. The van der Waals surface area contributed by atoms with Crippen LogP contribution in [0.1, 0.15) is 67.3 Å². The van der Waals surface area contributed by atoms with Gasteiger partial charge in [0.25, 0.3) is 5.91 Å². The van der Waals surface area contributed by atoms with Crippen LogP contribution in [0.5, 0.6) is 11.5 Å². The van der Waals surface area contributed by atoms with Crippen LogP contribution in [0, 0.1) is 17.2 Å². The lowest BCUT2D eigenvalue weighted by atomic mass is 9.78. The maximum Gasteiger partial charge on any atom is 0.251 e. The van der Waals surface area contributed by atoms with E-state index in [0.29, 0.717) is 49.5 Å². The molecule has 0 bridgehead atoms. The highest BCUT2D eigenvalue weighted by molar-refractivity contribution is 6.00. The highest BCUT2D eigenvalue weighted by atomic mass is 35.5. The molecule has 2 aromatic rings. The number of amides is 3. The van der Waals surface area contributed by atoms with Crippen molar-refractivity contribution in [2.45, 2.75) is 75.6 Å². The molecule has 3 aliphatic rings. The van der Waals surface area contributed by atoms with E-state index in [0.717, 1.165) is 37.7 Å². The van der Waals surface area contributed by atoms with Gasteiger partial charge >= 0.3 is 0 Å². The summed E-state index contributed by atoms with van der Waals surface area (Å²) in [5, 5.41) is 25.9. The average molecular weight is 624 g/mol. The molecule has 2 atom stereocenters. The predicted octanol–water partition coefficient (Wildman–Crippen LogP) is 3.78. The Hall–Kier alpha value is -3.65. The monoisotopic (exact) mass is 623 g/mol. The highest BCUT2D eigenvalue weighted by Crippen LogP contribution is 2.36. The first-order valence-electron chi connectivity index (χ1n) is 15.3. The van der Waals surface area contributed by atoms with Crippen molar-refractivity contribution in [1.82, 2.24) is 20.4 Å². The summed E-state index contributed by atoms with van der Waals surface area (Å²) in [5.41, 5.74) is 0.659. The summed E-state index contributed by atoms with van der Waals surface area (Å²) in [7, 11) is 1.59. The van der Waals surface area contributed by atoms with E-state index >= 15 is 0 Å². The van der Waals surface area contributed by atoms with Crippen LogP contribution in [0.3, 0.4) is 0 Å². The number of carbonyl (C=O) groups is 3. The number of nitrogens with zero attached hydrogens (tertiary/aromatic N) is 3. The number of hydrogen-bond acceptors (Lipinski definition) is 7. The van der Waals surface area contributed by atoms with Crippen LogP contribution in [0.15, 0.2) is 48.5 Å². The van der Waals surface area contributed by atoms with Crippen LogP contribution >= 0.6 is 12.4 Å². The van der Waals surface area contributed by atoms with Crippen molar-refractivity contribution in [2.24, 2.45) is 5.92 Å². The number of ether oxygens (including phenoxy) is 1. The topological polar surface area (TPSA) is 135 Å². The van der Waals surface area contributed by atoms with E-state index in [1.807, 2.05) is 24.3 Å². The molecule has 10 nitrogen and oxygen atoms in total. The maximum absolute atomic E-state index is 13.7. The van der Waals surface area contributed by atoms with Gasteiger partial charge < -0.3 is 25.4 Å². The molecule has 1 spiro atoms. The minimum atomic E-state index is -1.00. The first-order valence-corrected chi connectivity index (χ1v) is 15.3. The molecule has 5 rings (SSSR count). The smallest absolute Gasteiger partial charge is 0.251 e. The van der Waals surface area contributed by atoms with Crippen molar-refractivity contribution in [2.75, 3.05) is 26.7 Å². The molecule has 0 radical (unpaired) electrons. The zero-order valence-corrected chi connectivity index (χ0v) is 26.0. The van der Waals surface area contributed by atoms with Crippen LogP contribution in [0.25, 0.3) is 0 Å². The Bertz CT molecular complexity index is 1330. The number of rotatable bonds is 9.